The zero-order chi connectivity index (χ0) is 24.8. The molecule has 5 aromatic rings. The second-order valence-electron chi connectivity index (χ2n) is 9.14. The molecule has 1 aliphatic heterocycles. The molecule has 8 heteroatoms. The van der Waals surface area contributed by atoms with Gasteiger partial charge in [0.15, 0.2) is 0 Å². The fourth-order valence-electron chi connectivity index (χ4n) is 4.86. The Bertz CT molecular complexity index is 1650. The number of rotatable bonds is 5. The molecule has 180 valence electrons. The SMILES string of the molecule is Cc1c(C(=O)N(C)Cc2cn(-c3ccccc3)nc2-c2ccccc2)sc2nc3n(c(=O)c12)CCC3. The summed E-state index contributed by atoms with van der Waals surface area (Å²) < 4.78 is 3.61. The summed E-state index contributed by atoms with van der Waals surface area (Å²) in [6.07, 6.45) is 3.73. The first kappa shape index (κ1) is 22.4. The van der Waals surface area contributed by atoms with Crippen molar-refractivity contribution >= 4 is 27.5 Å². The summed E-state index contributed by atoms with van der Waals surface area (Å²) in [7, 11) is 1.79. The van der Waals surface area contributed by atoms with Gasteiger partial charge in [-0.25, -0.2) is 9.67 Å². The van der Waals surface area contributed by atoms with Crippen LogP contribution in [0, 0.1) is 6.92 Å². The molecular weight excluding hydrogens is 470 g/mol. The highest BCUT2D eigenvalue weighted by Gasteiger charge is 2.25. The normalized spacial score (nSPS) is 12.7. The molecule has 0 unspecified atom stereocenters. The second-order valence-corrected chi connectivity index (χ2v) is 10.1. The number of aromatic nitrogens is 4. The van der Waals surface area contributed by atoms with Crippen LogP contribution in [-0.4, -0.2) is 37.2 Å². The van der Waals surface area contributed by atoms with E-state index in [-0.39, 0.29) is 11.5 Å². The highest BCUT2D eigenvalue weighted by Crippen LogP contribution is 2.31. The Balaban J connectivity index is 1.36. The highest BCUT2D eigenvalue weighted by atomic mass is 32.1. The van der Waals surface area contributed by atoms with Gasteiger partial charge in [0.05, 0.1) is 21.6 Å². The van der Waals surface area contributed by atoms with Crippen LogP contribution in [0.1, 0.15) is 33.0 Å². The van der Waals surface area contributed by atoms with Crippen molar-refractivity contribution in [2.24, 2.45) is 0 Å². The Labute approximate surface area is 212 Å². The predicted octanol–water partition coefficient (Wildman–Crippen LogP) is 4.84. The predicted molar refractivity (Wildman–Crippen MR) is 142 cm³/mol. The third-order valence-corrected chi connectivity index (χ3v) is 7.89. The van der Waals surface area contributed by atoms with E-state index in [0.717, 1.165) is 46.7 Å². The molecule has 4 heterocycles. The van der Waals surface area contributed by atoms with Crippen molar-refractivity contribution in [1.29, 1.82) is 0 Å². The zero-order valence-electron chi connectivity index (χ0n) is 20.1. The number of aryl methyl sites for hydroxylation is 2. The van der Waals surface area contributed by atoms with E-state index in [4.69, 9.17) is 10.1 Å². The summed E-state index contributed by atoms with van der Waals surface area (Å²) in [6, 6.07) is 19.9. The van der Waals surface area contributed by atoms with Crippen molar-refractivity contribution < 1.29 is 4.79 Å². The standard InChI is InChI=1S/C28H25N5O2S/c1-18-23-26(29-22-14-9-15-32(22)27(23)34)36-25(18)28(35)31(2)16-20-17-33(21-12-7-4-8-13-21)30-24(20)19-10-5-3-6-11-19/h3-8,10-13,17H,9,14-16H2,1-2H3. The van der Waals surface area contributed by atoms with Crippen molar-refractivity contribution in [3.63, 3.8) is 0 Å². The van der Waals surface area contributed by atoms with Gasteiger partial charge in [-0.15, -0.1) is 11.3 Å². The lowest BCUT2D eigenvalue weighted by Gasteiger charge is -2.16. The maximum absolute atomic E-state index is 13.6. The number of carbonyl (C=O) groups excluding carboxylic acids is 1. The minimum Gasteiger partial charge on any atom is -0.337 e. The average molecular weight is 496 g/mol. The molecule has 1 aliphatic rings. The van der Waals surface area contributed by atoms with Gasteiger partial charge >= 0.3 is 0 Å². The molecule has 0 saturated heterocycles. The minimum atomic E-state index is -0.119. The Morgan fingerprint density at radius 1 is 1.08 bits per heavy atom. The second kappa shape index (κ2) is 8.87. The van der Waals surface area contributed by atoms with Gasteiger partial charge in [0.2, 0.25) is 0 Å². The molecule has 0 bridgehead atoms. The summed E-state index contributed by atoms with van der Waals surface area (Å²) in [5, 5.41) is 5.44. The number of fused-ring (bicyclic) bond motifs is 2. The Morgan fingerprint density at radius 2 is 1.81 bits per heavy atom. The van der Waals surface area contributed by atoms with Crippen LogP contribution in [0.5, 0.6) is 0 Å². The van der Waals surface area contributed by atoms with Crippen LogP contribution in [0.2, 0.25) is 0 Å². The van der Waals surface area contributed by atoms with E-state index in [0.29, 0.717) is 28.2 Å². The van der Waals surface area contributed by atoms with Crippen LogP contribution in [0.15, 0.2) is 71.7 Å². The van der Waals surface area contributed by atoms with Gasteiger partial charge in [0.25, 0.3) is 11.5 Å². The Morgan fingerprint density at radius 3 is 2.56 bits per heavy atom. The molecule has 7 nitrogen and oxygen atoms in total. The fraction of sp³-hybridized carbons (Fsp3) is 0.214. The number of para-hydroxylation sites is 1. The van der Waals surface area contributed by atoms with Crippen LogP contribution in [0.25, 0.3) is 27.2 Å². The summed E-state index contributed by atoms with van der Waals surface area (Å²) in [5.41, 5.74) is 4.41. The van der Waals surface area contributed by atoms with Crippen LogP contribution in [0.3, 0.4) is 0 Å². The lowest BCUT2D eigenvalue weighted by molar-refractivity contribution is 0.0789. The monoisotopic (exact) mass is 495 g/mol. The van der Waals surface area contributed by atoms with Crippen molar-refractivity contribution in [2.45, 2.75) is 32.9 Å². The van der Waals surface area contributed by atoms with Gasteiger partial charge in [-0.2, -0.15) is 5.10 Å². The maximum Gasteiger partial charge on any atom is 0.264 e. The van der Waals surface area contributed by atoms with Gasteiger partial charge in [0, 0.05) is 43.9 Å². The number of benzene rings is 2. The zero-order valence-corrected chi connectivity index (χ0v) is 21.0. The lowest BCUT2D eigenvalue weighted by Crippen LogP contribution is -2.26. The van der Waals surface area contributed by atoms with Gasteiger partial charge in [-0.05, 0) is 31.0 Å². The number of carbonyl (C=O) groups is 1. The van der Waals surface area contributed by atoms with Crippen molar-refractivity contribution in [3.8, 4) is 16.9 Å². The molecule has 3 aromatic heterocycles. The number of hydrogen-bond acceptors (Lipinski definition) is 5. The van der Waals surface area contributed by atoms with E-state index < -0.39 is 0 Å². The Hall–Kier alpha value is -4.04. The van der Waals surface area contributed by atoms with Crippen molar-refractivity contribution in [2.75, 3.05) is 7.05 Å². The van der Waals surface area contributed by atoms with E-state index in [2.05, 4.69) is 0 Å². The van der Waals surface area contributed by atoms with E-state index in [1.54, 1.807) is 16.5 Å². The Kier molecular flexibility index (Phi) is 5.53. The highest BCUT2D eigenvalue weighted by molar-refractivity contribution is 7.20. The molecule has 0 saturated carbocycles. The number of nitrogens with zero attached hydrogens (tertiary/aromatic N) is 5. The number of hydrogen-bond donors (Lipinski definition) is 0. The minimum absolute atomic E-state index is 0.0292. The third kappa shape index (κ3) is 3.74. The summed E-state index contributed by atoms with van der Waals surface area (Å²) >= 11 is 1.32. The first-order valence-corrected chi connectivity index (χ1v) is 12.8. The lowest BCUT2D eigenvalue weighted by atomic mass is 10.1. The van der Waals surface area contributed by atoms with Crippen molar-refractivity contribution in [1.82, 2.24) is 24.2 Å². The molecular formula is C28H25N5O2S. The molecule has 1 amide bonds. The van der Waals surface area contributed by atoms with Crippen LogP contribution in [-0.2, 0) is 19.5 Å². The third-order valence-electron chi connectivity index (χ3n) is 6.72. The van der Waals surface area contributed by atoms with Gasteiger partial charge in [-0.3, -0.25) is 14.2 Å². The molecule has 2 aromatic carbocycles. The summed E-state index contributed by atoms with van der Waals surface area (Å²) in [4.78, 5) is 34.3. The molecule has 0 spiro atoms. The van der Waals surface area contributed by atoms with E-state index in [1.165, 1.54) is 11.3 Å². The molecule has 0 aliphatic carbocycles. The van der Waals surface area contributed by atoms with E-state index >= 15 is 0 Å². The smallest absolute Gasteiger partial charge is 0.264 e. The average Bonchev–Trinajstić information content (AvgIpc) is 3.62. The molecule has 36 heavy (non-hydrogen) atoms. The fourth-order valence-corrected chi connectivity index (χ4v) is 6.04. The largest absolute Gasteiger partial charge is 0.337 e. The van der Waals surface area contributed by atoms with Gasteiger partial charge < -0.3 is 4.90 Å². The van der Waals surface area contributed by atoms with E-state index in [1.807, 2.05) is 78.5 Å². The van der Waals surface area contributed by atoms with Crippen molar-refractivity contribution in [3.05, 3.63) is 99.0 Å². The summed E-state index contributed by atoms with van der Waals surface area (Å²) in [5.74, 6) is 0.702. The van der Waals surface area contributed by atoms with Crippen LogP contribution >= 0.6 is 11.3 Å². The molecule has 0 N–H and O–H groups in total. The van der Waals surface area contributed by atoms with Crippen LogP contribution in [0.4, 0.5) is 0 Å². The van der Waals surface area contributed by atoms with E-state index in [9.17, 15) is 9.59 Å². The summed E-state index contributed by atoms with van der Waals surface area (Å²) in [6.45, 7) is 2.93. The molecule has 0 radical (unpaired) electrons. The van der Waals surface area contributed by atoms with Gasteiger partial charge in [-0.1, -0.05) is 48.5 Å². The number of thiophene rings is 1. The van der Waals surface area contributed by atoms with Gasteiger partial charge in [0.1, 0.15) is 10.7 Å². The number of amides is 1. The topological polar surface area (TPSA) is 73.0 Å². The first-order valence-electron chi connectivity index (χ1n) is 12.0. The first-order chi connectivity index (χ1) is 17.5. The van der Waals surface area contributed by atoms with Crippen LogP contribution < -0.4 is 5.56 Å². The molecule has 0 atom stereocenters. The molecule has 0 fully saturated rings. The maximum atomic E-state index is 13.6. The quantitative estimate of drug-likeness (QED) is 0.350. The molecule has 6 rings (SSSR count).